The molecule has 0 atom stereocenters. The molecule has 4 rings (SSSR count). The fourth-order valence-corrected chi connectivity index (χ4v) is 3.74. The van der Waals surface area contributed by atoms with Gasteiger partial charge in [-0.2, -0.15) is 9.67 Å². The number of benzene rings is 2. The second-order valence-electron chi connectivity index (χ2n) is 6.71. The zero-order chi connectivity index (χ0) is 19.3. The van der Waals surface area contributed by atoms with Crippen molar-refractivity contribution in [3.63, 3.8) is 0 Å². The average Bonchev–Trinajstić information content (AvgIpc) is 2.74. The predicted octanol–water partition coefficient (Wildman–Crippen LogP) is -0.0386. The molecular formula is C23H22ClN3O2. The van der Waals surface area contributed by atoms with Crippen LogP contribution in [0.4, 0.5) is 0 Å². The molecule has 29 heavy (non-hydrogen) atoms. The summed E-state index contributed by atoms with van der Waals surface area (Å²) in [5.74, 6) is -0.205. The first kappa shape index (κ1) is 20.7. The third-order valence-corrected chi connectivity index (χ3v) is 4.98. The molecule has 1 heterocycles. The fraction of sp³-hybridized carbons (Fsp3) is 0.174. The molecule has 0 spiro atoms. The number of carbonyl (C=O) groups excluding carboxylic acids is 1. The number of hydrazone groups is 1. The lowest BCUT2D eigenvalue weighted by Crippen LogP contribution is -3.00. The highest BCUT2D eigenvalue weighted by molar-refractivity contribution is 5.79. The van der Waals surface area contributed by atoms with Crippen molar-refractivity contribution in [2.45, 2.75) is 18.6 Å². The van der Waals surface area contributed by atoms with Crippen molar-refractivity contribution in [3.8, 4) is 0 Å². The Labute approximate surface area is 176 Å². The molecule has 1 aliphatic rings. The van der Waals surface area contributed by atoms with Crippen LogP contribution < -0.4 is 22.4 Å². The molecule has 1 aliphatic carbocycles. The number of fused-ring (bicyclic) bond motifs is 2. The van der Waals surface area contributed by atoms with Gasteiger partial charge in [-0.05, 0) is 22.3 Å². The summed E-state index contributed by atoms with van der Waals surface area (Å²) in [7, 11) is 1.73. The second kappa shape index (κ2) is 9.45. The highest BCUT2D eigenvalue weighted by Crippen LogP contribution is 2.42. The number of aromatic nitrogens is 1. The van der Waals surface area contributed by atoms with E-state index in [1.54, 1.807) is 17.9 Å². The van der Waals surface area contributed by atoms with Crippen molar-refractivity contribution in [2.24, 2.45) is 5.10 Å². The number of carbonyl (C=O) groups is 1. The molecule has 1 aromatic heterocycles. The molecule has 1 amide bonds. The summed E-state index contributed by atoms with van der Waals surface area (Å²) in [6.45, 7) is 0.224. The number of hydrogen-bond donors (Lipinski definition) is 1. The lowest BCUT2D eigenvalue weighted by molar-refractivity contribution is -0.684. The van der Waals surface area contributed by atoms with Gasteiger partial charge in [0.1, 0.15) is 6.10 Å². The van der Waals surface area contributed by atoms with Crippen LogP contribution in [0.15, 0.2) is 84.2 Å². The topological polar surface area (TPSA) is 54.6 Å². The van der Waals surface area contributed by atoms with Crippen LogP contribution in [0.3, 0.4) is 0 Å². The average molecular weight is 408 g/mol. The van der Waals surface area contributed by atoms with Crippen molar-refractivity contribution >= 4 is 12.1 Å². The normalized spacial score (nSPS) is 17.1. The number of nitrogens with zero attached hydrogens (tertiary/aromatic N) is 2. The van der Waals surface area contributed by atoms with E-state index in [1.165, 1.54) is 0 Å². The molecule has 0 unspecified atom stereocenters. The van der Waals surface area contributed by atoms with E-state index in [2.05, 4.69) is 34.8 Å². The number of rotatable bonds is 5. The van der Waals surface area contributed by atoms with Gasteiger partial charge in [0, 0.05) is 31.4 Å². The van der Waals surface area contributed by atoms with Crippen LogP contribution in [0.25, 0.3) is 0 Å². The van der Waals surface area contributed by atoms with E-state index in [-0.39, 0.29) is 36.9 Å². The Morgan fingerprint density at radius 2 is 1.52 bits per heavy atom. The minimum Gasteiger partial charge on any atom is -1.00 e. The van der Waals surface area contributed by atoms with E-state index in [9.17, 15) is 4.79 Å². The second-order valence-corrected chi connectivity index (χ2v) is 6.71. The van der Waals surface area contributed by atoms with Crippen LogP contribution in [0, 0.1) is 0 Å². The summed E-state index contributed by atoms with van der Waals surface area (Å²) in [5.41, 5.74) is 7.19. The quantitative estimate of drug-likeness (QED) is 0.366. The van der Waals surface area contributed by atoms with Gasteiger partial charge in [0.2, 0.25) is 6.54 Å². The van der Waals surface area contributed by atoms with E-state index in [1.807, 2.05) is 54.9 Å². The Bertz CT molecular complexity index is 960. The molecular weight excluding hydrogens is 386 g/mol. The van der Waals surface area contributed by atoms with E-state index in [0.29, 0.717) is 0 Å². The largest absolute Gasteiger partial charge is 1.00 e. The van der Waals surface area contributed by atoms with Gasteiger partial charge in [-0.15, -0.1) is 0 Å². The van der Waals surface area contributed by atoms with Crippen molar-refractivity contribution < 1.29 is 26.5 Å². The SMILES string of the molecule is COC1c2ccccc2C(/C=N/NC(=O)C[n+]2ccccc2)c2ccccc21.[Cl-]. The summed E-state index contributed by atoms with van der Waals surface area (Å²) in [4.78, 5) is 12.2. The Kier molecular flexibility index (Phi) is 6.75. The van der Waals surface area contributed by atoms with Crippen LogP contribution in [-0.2, 0) is 16.1 Å². The lowest BCUT2D eigenvalue weighted by atomic mass is 9.77. The highest BCUT2D eigenvalue weighted by Gasteiger charge is 2.31. The Morgan fingerprint density at radius 1 is 0.966 bits per heavy atom. The standard InChI is InChI=1S/C23H21N3O2.ClH/c1-28-23-19-11-5-3-9-17(19)21(18-10-4-6-12-20(18)23)15-24-25-22(27)16-26-13-7-2-8-14-26;/h2-15,21,23H,16H2,1H3;1H/b24-15+;. The molecule has 3 aromatic rings. The maximum Gasteiger partial charge on any atom is 0.305 e. The zero-order valence-corrected chi connectivity index (χ0v) is 16.8. The number of ether oxygens (including phenoxy) is 1. The smallest absolute Gasteiger partial charge is 0.305 e. The van der Waals surface area contributed by atoms with Gasteiger partial charge in [0.15, 0.2) is 12.4 Å². The van der Waals surface area contributed by atoms with Gasteiger partial charge in [0.25, 0.3) is 0 Å². The van der Waals surface area contributed by atoms with Crippen LogP contribution in [0.2, 0.25) is 0 Å². The Balaban J connectivity index is 0.00000240. The molecule has 0 radical (unpaired) electrons. The van der Waals surface area contributed by atoms with Crippen LogP contribution >= 0.6 is 0 Å². The summed E-state index contributed by atoms with van der Waals surface area (Å²) >= 11 is 0. The van der Waals surface area contributed by atoms with Crippen molar-refractivity contribution in [2.75, 3.05) is 7.11 Å². The van der Waals surface area contributed by atoms with Gasteiger partial charge in [-0.3, -0.25) is 4.79 Å². The van der Waals surface area contributed by atoms with E-state index < -0.39 is 0 Å². The third kappa shape index (κ3) is 4.36. The number of nitrogens with one attached hydrogen (secondary N) is 1. The number of pyridine rings is 1. The molecule has 5 nitrogen and oxygen atoms in total. The van der Waals surface area contributed by atoms with Gasteiger partial charge < -0.3 is 17.1 Å². The first-order valence-corrected chi connectivity index (χ1v) is 9.24. The molecule has 6 heteroatoms. The highest BCUT2D eigenvalue weighted by atomic mass is 35.5. The Morgan fingerprint density at radius 3 is 2.07 bits per heavy atom. The molecule has 2 aromatic carbocycles. The van der Waals surface area contributed by atoms with Gasteiger partial charge in [-0.1, -0.05) is 54.6 Å². The van der Waals surface area contributed by atoms with Crippen molar-refractivity contribution in [3.05, 3.63) is 101 Å². The zero-order valence-electron chi connectivity index (χ0n) is 16.0. The molecule has 1 N–H and O–H groups in total. The summed E-state index contributed by atoms with van der Waals surface area (Å²) < 4.78 is 7.59. The van der Waals surface area contributed by atoms with Gasteiger partial charge in [0.05, 0.1) is 0 Å². The van der Waals surface area contributed by atoms with Gasteiger partial charge in [-0.25, -0.2) is 5.43 Å². The molecule has 0 fully saturated rings. The van der Waals surface area contributed by atoms with Crippen LogP contribution in [0.1, 0.15) is 34.3 Å². The van der Waals surface area contributed by atoms with E-state index in [4.69, 9.17) is 4.74 Å². The van der Waals surface area contributed by atoms with Crippen LogP contribution in [-0.4, -0.2) is 19.2 Å². The fourth-order valence-electron chi connectivity index (χ4n) is 3.74. The molecule has 0 saturated heterocycles. The minimum atomic E-state index is -0.167. The first-order chi connectivity index (χ1) is 13.8. The number of hydrogen-bond acceptors (Lipinski definition) is 3. The summed E-state index contributed by atoms with van der Waals surface area (Å²) in [6, 6.07) is 22.1. The molecule has 0 saturated carbocycles. The maximum absolute atomic E-state index is 12.2. The number of methoxy groups -OCH3 is 1. The minimum absolute atomic E-state index is 0. The lowest BCUT2D eigenvalue weighted by Gasteiger charge is -2.31. The van der Waals surface area contributed by atoms with Crippen molar-refractivity contribution in [1.29, 1.82) is 0 Å². The van der Waals surface area contributed by atoms with Crippen LogP contribution in [0.5, 0.6) is 0 Å². The van der Waals surface area contributed by atoms with Gasteiger partial charge >= 0.3 is 5.91 Å². The molecule has 0 aliphatic heterocycles. The third-order valence-electron chi connectivity index (χ3n) is 4.98. The molecule has 148 valence electrons. The molecule has 0 bridgehead atoms. The summed E-state index contributed by atoms with van der Waals surface area (Å²) in [6.07, 6.45) is 5.40. The predicted molar refractivity (Wildman–Crippen MR) is 107 cm³/mol. The number of amides is 1. The number of halogens is 1. The monoisotopic (exact) mass is 407 g/mol. The van der Waals surface area contributed by atoms with E-state index in [0.717, 1.165) is 22.3 Å². The Hall–Kier alpha value is -3.02. The first-order valence-electron chi connectivity index (χ1n) is 9.24. The summed E-state index contributed by atoms with van der Waals surface area (Å²) in [5, 5.41) is 4.26. The van der Waals surface area contributed by atoms with Crippen molar-refractivity contribution in [1.82, 2.24) is 5.43 Å². The van der Waals surface area contributed by atoms with E-state index >= 15 is 0 Å². The maximum atomic E-state index is 12.2.